The van der Waals surface area contributed by atoms with Crippen LogP contribution in [0.5, 0.6) is 0 Å². The average Bonchev–Trinajstić information content (AvgIpc) is 1.80. The largest absolute Gasteiger partial charge is 0.301 e. The van der Waals surface area contributed by atoms with Crippen molar-refractivity contribution in [1.29, 1.82) is 0 Å². The summed E-state index contributed by atoms with van der Waals surface area (Å²) in [4.78, 5) is 2.08. The fourth-order valence-corrected chi connectivity index (χ4v) is 1.23. The molecule has 1 aliphatic rings. The van der Waals surface area contributed by atoms with Crippen molar-refractivity contribution >= 4 is 0 Å². The number of likely N-dealkylation sites (tertiary alicyclic amines) is 1. The van der Waals surface area contributed by atoms with Crippen LogP contribution >= 0.6 is 0 Å². The lowest BCUT2D eigenvalue weighted by Gasteiger charge is -2.31. The first-order valence-electron chi connectivity index (χ1n) is 3.54. The number of rotatable bonds is 0. The molecule has 1 aliphatic heterocycles. The fraction of sp³-hybridized carbons (Fsp3) is 1.00. The Balaban J connectivity index is 2.35. The van der Waals surface area contributed by atoms with Crippen LogP contribution in [0.25, 0.3) is 0 Å². The molecule has 2 heteroatoms. The summed E-state index contributed by atoms with van der Waals surface area (Å²) in [6.07, 6.45) is 1.19. The molecule has 0 saturated carbocycles. The number of nitrogens with zero attached hydrogens (tertiary/aromatic N) is 1. The second-order valence-electron chi connectivity index (χ2n) is 2.96. The van der Waals surface area contributed by atoms with Crippen molar-refractivity contribution in [3.05, 3.63) is 0 Å². The molecule has 0 aromatic rings. The Morgan fingerprint density at radius 2 is 2.11 bits per heavy atom. The summed E-state index contributed by atoms with van der Waals surface area (Å²) in [6, 6.07) is 0.581. The Kier molecular flexibility index (Phi) is 2.06. The zero-order valence-corrected chi connectivity index (χ0v) is 6.10. The first-order chi connectivity index (χ1) is 4.20. The van der Waals surface area contributed by atoms with Gasteiger partial charge in [0.2, 0.25) is 0 Å². The summed E-state index contributed by atoms with van der Waals surface area (Å²) < 4.78 is 12.6. The fourth-order valence-electron chi connectivity index (χ4n) is 1.23. The van der Waals surface area contributed by atoms with Gasteiger partial charge < -0.3 is 4.90 Å². The van der Waals surface area contributed by atoms with Gasteiger partial charge in [0.05, 0.1) is 0 Å². The van der Waals surface area contributed by atoms with Gasteiger partial charge in [-0.15, -0.1) is 0 Å². The van der Waals surface area contributed by atoms with Crippen molar-refractivity contribution in [3.8, 4) is 0 Å². The highest BCUT2D eigenvalue weighted by Gasteiger charge is 2.21. The molecule has 9 heavy (non-hydrogen) atoms. The minimum absolute atomic E-state index is 0.578. The van der Waals surface area contributed by atoms with E-state index in [0.29, 0.717) is 12.6 Å². The molecule has 0 spiro atoms. The predicted octanol–water partition coefficient (Wildman–Crippen LogP) is 1.44. The Morgan fingerprint density at radius 1 is 1.44 bits per heavy atom. The van der Waals surface area contributed by atoms with E-state index in [0.717, 1.165) is 12.8 Å². The standard InChI is InChI=1S/C7H14FN/c1-6-3-4-7(8)5-9(6)2/h6-7H,3-5H2,1-2H3/t6-,7?/m0/s1. The third kappa shape index (κ3) is 1.65. The first kappa shape index (κ1) is 7.00. The van der Waals surface area contributed by atoms with E-state index >= 15 is 0 Å². The van der Waals surface area contributed by atoms with Crippen LogP contribution in [0.15, 0.2) is 0 Å². The lowest BCUT2D eigenvalue weighted by Crippen LogP contribution is -2.39. The zero-order chi connectivity index (χ0) is 6.85. The maximum atomic E-state index is 12.6. The van der Waals surface area contributed by atoms with E-state index in [9.17, 15) is 4.39 Å². The van der Waals surface area contributed by atoms with Crippen LogP contribution in [0, 0.1) is 0 Å². The number of hydrogen-bond donors (Lipinski definition) is 0. The lowest BCUT2D eigenvalue weighted by atomic mass is 10.0. The van der Waals surface area contributed by atoms with Gasteiger partial charge in [-0.05, 0) is 26.8 Å². The third-order valence-corrected chi connectivity index (χ3v) is 2.14. The normalized spacial score (nSPS) is 39.0. The molecule has 1 rings (SSSR count). The number of halogens is 1. The molecule has 54 valence electrons. The van der Waals surface area contributed by atoms with E-state index in [1.807, 2.05) is 7.05 Å². The summed E-state index contributed by atoms with van der Waals surface area (Å²) >= 11 is 0. The molecule has 1 nitrogen and oxygen atoms in total. The Hall–Kier alpha value is -0.110. The molecule has 0 radical (unpaired) electrons. The summed E-state index contributed by atoms with van der Waals surface area (Å²) in [6.45, 7) is 2.77. The molecule has 0 aromatic carbocycles. The van der Waals surface area contributed by atoms with Gasteiger partial charge in [-0.1, -0.05) is 0 Å². The summed E-state index contributed by atoms with van der Waals surface area (Å²) in [5.41, 5.74) is 0. The van der Waals surface area contributed by atoms with Crippen LogP contribution < -0.4 is 0 Å². The highest BCUT2D eigenvalue weighted by Crippen LogP contribution is 2.16. The molecule has 1 unspecified atom stereocenters. The number of alkyl halides is 1. The molecule has 1 fully saturated rings. The van der Waals surface area contributed by atoms with E-state index in [1.165, 1.54) is 0 Å². The summed E-state index contributed by atoms with van der Waals surface area (Å²) in [5, 5.41) is 0. The molecule has 2 atom stereocenters. The van der Waals surface area contributed by atoms with Gasteiger partial charge in [0.15, 0.2) is 0 Å². The molecule has 0 aliphatic carbocycles. The van der Waals surface area contributed by atoms with Crippen LogP contribution in [0.3, 0.4) is 0 Å². The van der Waals surface area contributed by atoms with Crippen LogP contribution in [0.4, 0.5) is 4.39 Å². The maximum Gasteiger partial charge on any atom is 0.113 e. The highest BCUT2D eigenvalue weighted by atomic mass is 19.1. The second-order valence-corrected chi connectivity index (χ2v) is 2.96. The third-order valence-electron chi connectivity index (χ3n) is 2.14. The number of piperidine rings is 1. The first-order valence-corrected chi connectivity index (χ1v) is 3.54. The molecule has 0 bridgehead atoms. The Labute approximate surface area is 55.8 Å². The quantitative estimate of drug-likeness (QED) is 0.481. The molecule has 0 aromatic heterocycles. The average molecular weight is 131 g/mol. The van der Waals surface area contributed by atoms with E-state index in [2.05, 4.69) is 11.8 Å². The number of hydrogen-bond acceptors (Lipinski definition) is 1. The van der Waals surface area contributed by atoms with Gasteiger partial charge in [-0.25, -0.2) is 4.39 Å². The van der Waals surface area contributed by atoms with Gasteiger partial charge in [0.25, 0.3) is 0 Å². The SMILES string of the molecule is C[C@H]1CCC(F)CN1C. The molecule has 1 saturated heterocycles. The smallest absolute Gasteiger partial charge is 0.113 e. The minimum Gasteiger partial charge on any atom is -0.301 e. The predicted molar refractivity (Wildman–Crippen MR) is 36.2 cm³/mol. The van der Waals surface area contributed by atoms with Gasteiger partial charge in [0.1, 0.15) is 6.17 Å². The van der Waals surface area contributed by atoms with Crippen molar-refractivity contribution < 1.29 is 4.39 Å². The van der Waals surface area contributed by atoms with Gasteiger partial charge >= 0.3 is 0 Å². The summed E-state index contributed by atoms with van der Waals surface area (Å²) in [5.74, 6) is 0. The lowest BCUT2D eigenvalue weighted by molar-refractivity contribution is 0.118. The van der Waals surface area contributed by atoms with E-state index in [-0.39, 0.29) is 0 Å². The monoisotopic (exact) mass is 131 g/mol. The van der Waals surface area contributed by atoms with E-state index in [4.69, 9.17) is 0 Å². The molecular formula is C7H14FN. The van der Waals surface area contributed by atoms with Crippen LogP contribution in [0.1, 0.15) is 19.8 Å². The van der Waals surface area contributed by atoms with Crippen molar-refractivity contribution in [1.82, 2.24) is 4.90 Å². The molecule has 1 heterocycles. The zero-order valence-electron chi connectivity index (χ0n) is 6.10. The molecule has 0 amide bonds. The van der Waals surface area contributed by atoms with Crippen LogP contribution in [0.2, 0.25) is 0 Å². The molecule has 0 N–H and O–H groups in total. The van der Waals surface area contributed by atoms with Crippen molar-refractivity contribution in [2.75, 3.05) is 13.6 Å². The van der Waals surface area contributed by atoms with E-state index < -0.39 is 6.17 Å². The van der Waals surface area contributed by atoms with Crippen LogP contribution in [-0.2, 0) is 0 Å². The Morgan fingerprint density at radius 3 is 2.56 bits per heavy atom. The van der Waals surface area contributed by atoms with Gasteiger partial charge in [-0.2, -0.15) is 0 Å². The van der Waals surface area contributed by atoms with Crippen molar-refractivity contribution in [2.45, 2.75) is 32.0 Å². The van der Waals surface area contributed by atoms with Crippen molar-refractivity contribution in [2.24, 2.45) is 0 Å². The van der Waals surface area contributed by atoms with Crippen LogP contribution in [-0.4, -0.2) is 30.7 Å². The summed E-state index contributed by atoms with van der Waals surface area (Å²) in [7, 11) is 1.98. The van der Waals surface area contributed by atoms with Crippen molar-refractivity contribution in [3.63, 3.8) is 0 Å². The minimum atomic E-state index is -0.578. The van der Waals surface area contributed by atoms with Gasteiger partial charge in [0, 0.05) is 12.6 Å². The van der Waals surface area contributed by atoms with Gasteiger partial charge in [-0.3, -0.25) is 0 Å². The highest BCUT2D eigenvalue weighted by molar-refractivity contribution is 4.75. The topological polar surface area (TPSA) is 3.24 Å². The maximum absolute atomic E-state index is 12.6. The molecular weight excluding hydrogens is 117 g/mol. The second kappa shape index (κ2) is 2.65. The van der Waals surface area contributed by atoms with E-state index in [1.54, 1.807) is 0 Å². The Bertz CT molecular complexity index is 94.9.